The van der Waals surface area contributed by atoms with E-state index in [1.54, 1.807) is 24.3 Å². The molecule has 0 fully saturated rings. The minimum absolute atomic E-state index is 0.0262. The fourth-order valence-corrected chi connectivity index (χ4v) is 4.06. The van der Waals surface area contributed by atoms with Crippen molar-refractivity contribution in [3.63, 3.8) is 0 Å². The van der Waals surface area contributed by atoms with Crippen LogP contribution in [0.25, 0.3) is 10.9 Å². The Kier molecular flexibility index (Phi) is 6.14. The molecule has 0 spiro atoms. The highest BCUT2D eigenvalue weighted by atomic mass is 35.5. The van der Waals surface area contributed by atoms with E-state index in [2.05, 4.69) is 31.0 Å². The molecule has 7 nitrogen and oxygen atoms in total. The quantitative estimate of drug-likeness (QED) is 0.252. The van der Waals surface area contributed by atoms with Crippen molar-refractivity contribution in [2.75, 3.05) is 10.6 Å². The summed E-state index contributed by atoms with van der Waals surface area (Å²) in [6, 6.07) is 13.8. The number of hydrogen-bond acceptors (Lipinski definition) is 6. The number of benzene rings is 3. The van der Waals surface area contributed by atoms with Crippen LogP contribution in [0.3, 0.4) is 0 Å². The maximum absolute atomic E-state index is 14.4. The molecule has 3 N–H and O–H groups in total. The van der Waals surface area contributed by atoms with Crippen molar-refractivity contribution in [3.05, 3.63) is 106 Å². The van der Waals surface area contributed by atoms with Gasteiger partial charge in [0.15, 0.2) is 0 Å². The Bertz CT molecular complexity index is 1600. The summed E-state index contributed by atoms with van der Waals surface area (Å²) in [4.78, 5) is 4.28. The Hall–Kier alpha value is -4.62. The van der Waals surface area contributed by atoms with Gasteiger partial charge in [-0.3, -0.25) is 4.98 Å². The van der Waals surface area contributed by atoms with Gasteiger partial charge in [-0.15, -0.1) is 0 Å². The summed E-state index contributed by atoms with van der Waals surface area (Å²) in [6.07, 6.45) is 2.85. The van der Waals surface area contributed by atoms with Crippen LogP contribution in [0.4, 0.5) is 30.2 Å². The van der Waals surface area contributed by atoms with Crippen LogP contribution in [0.1, 0.15) is 22.9 Å². The molecule has 0 amide bonds. The molecule has 0 saturated carbocycles. The zero-order valence-electron chi connectivity index (χ0n) is 18.2. The lowest BCUT2D eigenvalue weighted by molar-refractivity contribution is 0.586. The lowest BCUT2D eigenvalue weighted by Crippen LogP contribution is -2.13. The van der Waals surface area contributed by atoms with Gasteiger partial charge >= 0.3 is 0 Å². The van der Waals surface area contributed by atoms with E-state index in [-0.39, 0.29) is 27.8 Å². The molecule has 0 aliphatic carbocycles. The fourth-order valence-electron chi connectivity index (χ4n) is 3.79. The monoisotopic (exact) mass is 505 g/mol. The molecular formula is C25H15ClF3N7. The number of rotatable bonds is 6. The van der Waals surface area contributed by atoms with Gasteiger partial charge in [-0.2, -0.15) is 20.7 Å². The number of H-pyrrole nitrogens is 1. The molecule has 5 rings (SSSR count). The van der Waals surface area contributed by atoms with Crippen LogP contribution in [0.5, 0.6) is 0 Å². The van der Waals surface area contributed by atoms with Crippen molar-refractivity contribution < 1.29 is 13.2 Å². The fraction of sp³-hybridized carbons (Fsp3) is 0.0400. The average molecular weight is 506 g/mol. The molecule has 1 atom stereocenters. The van der Waals surface area contributed by atoms with Crippen molar-refractivity contribution >= 4 is 39.6 Å². The first-order chi connectivity index (χ1) is 17.4. The summed E-state index contributed by atoms with van der Waals surface area (Å²) in [5, 5.41) is 27.1. The molecule has 36 heavy (non-hydrogen) atoms. The van der Waals surface area contributed by atoms with E-state index in [1.165, 1.54) is 30.6 Å². The van der Waals surface area contributed by atoms with E-state index in [1.807, 2.05) is 6.07 Å². The number of nitriles is 1. The lowest BCUT2D eigenvalue weighted by Gasteiger charge is -2.20. The summed E-state index contributed by atoms with van der Waals surface area (Å²) >= 11 is 6.54. The van der Waals surface area contributed by atoms with Crippen LogP contribution in [0, 0.1) is 28.8 Å². The number of nitrogens with zero attached hydrogens (tertiary/aromatic N) is 4. The van der Waals surface area contributed by atoms with Gasteiger partial charge in [0.05, 0.1) is 39.7 Å². The highest BCUT2D eigenvalue weighted by Gasteiger charge is 2.20. The van der Waals surface area contributed by atoms with Crippen molar-refractivity contribution in [2.45, 2.75) is 6.04 Å². The van der Waals surface area contributed by atoms with E-state index in [4.69, 9.17) is 11.6 Å². The Morgan fingerprint density at radius 2 is 1.75 bits per heavy atom. The Morgan fingerprint density at radius 3 is 2.44 bits per heavy atom. The molecule has 0 saturated heterocycles. The SMILES string of the molecule is N#Cc1cnc2c(Cl)cc(NC(c3ccc(F)cc3)c3cn[nH]n3)cc2c1Nc1ccc(F)cc1F. The van der Waals surface area contributed by atoms with Crippen LogP contribution < -0.4 is 10.6 Å². The van der Waals surface area contributed by atoms with Gasteiger partial charge in [-0.1, -0.05) is 23.7 Å². The molecule has 178 valence electrons. The summed E-state index contributed by atoms with van der Waals surface area (Å²) in [6.45, 7) is 0. The largest absolute Gasteiger partial charge is 0.373 e. The van der Waals surface area contributed by atoms with Crippen LogP contribution in [0.15, 0.2) is 67.0 Å². The standard InChI is InChI=1S/C25H15ClF3N7/c26-19-9-17(33-24(22-12-32-36-35-22)13-1-3-15(27)4-2-13)8-18-23(14(10-30)11-31-25(18)19)34-21-6-5-16(28)7-20(21)29/h1-9,11-12,24,33H,(H,31,34)(H,32,35,36). The molecule has 2 heterocycles. The molecule has 1 unspecified atom stereocenters. The molecule has 5 aromatic rings. The highest BCUT2D eigenvalue weighted by molar-refractivity contribution is 6.36. The van der Waals surface area contributed by atoms with Crippen LogP contribution in [-0.2, 0) is 0 Å². The topological polar surface area (TPSA) is 102 Å². The summed E-state index contributed by atoms with van der Waals surface area (Å²) in [7, 11) is 0. The first-order valence-electron chi connectivity index (χ1n) is 10.5. The second kappa shape index (κ2) is 9.56. The zero-order chi connectivity index (χ0) is 25.2. The first kappa shape index (κ1) is 23.1. The van der Waals surface area contributed by atoms with Gasteiger partial charge in [0.2, 0.25) is 0 Å². The molecule has 0 radical (unpaired) electrons. The number of halogens is 4. The zero-order valence-corrected chi connectivity index (χ0v) is 19.0. The first-order valence-corrected chi connectivity index (χ1v) is 10.9. The number of pyridine rings is 1. The Labute approximate surface area is 207 Å². The van der Waals surface area contributed by atoms with Crippen LogP contribution in [-0.4, -0.2) is 20.4 Å². The normalized spacial score (nSPS) is 11.8. The van der Waals surface area contributed by atoms with Crippen molar-refractivity contribution in [3.8, 4) is 6.07 Å². The third-order valence-corrected chi connectivity index (χ3v) is 5.77. The minimum Gasteiger partial charge on any atom is -0.373 e. The lowest BCUT2D eigenvalue weighted by atomic mass is 10.0. The number of aromatic amines is 1. The maximum Gasteiger partial charge on any atom is 0.149 e. The smallest absolute Gasteiger partial charge is 0.149 e. The van der Waals surface area contributed by atoms with Crippen molar-refractivity contribution in [2.24, 2.45) is 0 Å². The minimum atomic E-state index is -0.827. The van der Waals surface area contributed by atoms with Crippen molar-refractivity contribution in [1.29, 1.82) is 5.26 Å². The Morgan fingerprint density at radius 1 is 0.972 bits per heavy atom. The van der Waals surface area contributed by atoms with E-state index in [0.29, 0.717) is 27.8 Å². The molecule has 2 aromatic heterocycles. The molecule has 11 heteroatoms. The summed E-state index contributed by atoms with van der Waals surface area (Å²) in [5.74, 6) is -1.94. The summed E-state index contributed by atoms with van der Waals surface area (Å²) in [5.41, 5.74) is 2.48. The van der Waals surface area contributed by atoms with Gasteiger partial charge < -0.3 is 10.6 Å². The van der Waals surface area contributed by atoms with Gasteiger partial charge in [-0.25, -0.2) is 13.2 Å². The van der Waals surface area contributed by atoms with Gasteiger partial charge in [0.25, 0.3) is 0 Å². The van der Waals surface area contributed by atoms with Crippen LogP contribution in [0.2, 0.25) is 5.02 Å². The van der Waals surface area contributed by atoms with Gasteiger partial charge in [0.1, 0.15) is 29.2 Å². The summed E-state index contributed by atoms with van der Waals surface area (Å²) < 4.78 is 41.3. The van der Waals surface area contributed by atoms with E-state index < -0.39 is 17.7 Å². The molecular weight excluding hydrogens is 491 g/mol. The Balaban J connectivity index is 1.62. The second-order valence-corrected chi connectivity index (χ2v) is 8.19. The third kappa shape index (κ3) is 4.52. The maximum atomic E-state index is 14.4. The number of fused-ring (bicyclic) bond motifs is 1. The van der Waals surface area contributed by atoms with E-state index >= 15 is 0 Å². The van der Waals surface area contributed by atoms with Gasteiger partial charge in [-0.05, 0) is 42.0 Å². The van der Waals surface area contributed by atoms with Gasteiger partial charge in [0, 0.05) is 23.3 Å². The highest BCUT2D eigenvalue weighted by Crippen LogP contribution is 2.37. The predicted octanol–water partition coefficient (Wildman–Crippen LogP) is 6.24. The predicted molar refractivity (Wildman–Crippen MR) is 129 cm³/mol. The molecule has 0 aliphatic rings. The average Bonchev–Trinajstić information content (AvgIpc) is 3.40. The number of aromatic nitrogens is 4. The van der Waals surface area contributed by atoms with E-state index in [9.17, 15) is 18.4 Å². The molecule has 0 bridgehead atoms. The molecule has 0 aliphatic heterocycles. The second-order valence-electron chi connectivity index (χ2n) is 7.79. The molecule has 3 aromatic carbocycles. The number of hydrogen-bond donors (Lipinski definition) is 3. The number of anilines is 3. The van der Waals surface area contributed by atoms with Crippen LogP contribution >= 0.6 is 11.6 Å². The number of nitrogens with one attached hydrogen (secondary N) is 3. The third-order valence-electron chi connectivity index (χ3n) is 5.48. The van der Waals surface area contributed by atoms with E-state index in [0.717, 1.165) is 12.1 Å². The van der Waals surface area contributed by atoms with Crippen molar-refractivity contribution in [1.82, 2.24) is 20.4 Å².